The second-order valence-corrected chi connectivity index (χ2v) is 6.78. The zero-order chi connectivity index (χ0) is 11.4. The molecule has 6 unspecified atom stereocenters. The second-order valence-electron chi connectivity index (χ2n) is 6.78. The van der Waals surface area contributed by atoms with Crippen LogP contribution < -0.4 is 0 Å². The van der Waals surface area contributed by atoms with Crippen molar-refractivity contribution < 1.29 is 0 Å². The maximum Gasteiger partial charge on any atom is -0.0238 e. The summed E-state index contributed by atoms with van der Waals surface area (Å²) in [6.45, 7) is 14.8. The van der Waals surface area contributed by atoms with Gasteiger partial charge in [0, 0.05) is 0 Å². The van der Waals surface area contributed by atoms with Gasteiger partial charge in [0.2, 0.25) is 0 Å². The molecule has 0 saturated heterocycles. The molecule has 0 aromatic rings. The molecule has 0 heteroatoms. The first-order valence-corrected chi connectivity index (χ1v) is 6.94. The molecule has 2 rings (SSSR count). The largest absolute Gasteiger partial charge is 0.0651 e. The van der Waals surface area contributed by atoms with Gasteiger partial charge < -0.3 is 0 Å². The zero-order valence-electron chi connectivity index (χ0n) is 11.4. The Morgan fingerprint density at radius 2 is 1.80 bits per heavy atom. The van der Waals surface area contributed by atoms with Crippen molar-refractivity contribution in [1.29, 1.82) is 0 Å². The summed E-state index contributed by atoms with van der Waals surface area (Å²) < 4.78 is 0. The highest BCUT2D eigenvalue weighted by atomic mass is 14.7. The third-order valence-electron chi connectivity index (χ3n) is 6.36. The monoisotopic (exact) mass is 208 g/mol. The van der Waals surface area contributed by atoms with E-state index in [1.807, 2.05) is 0 Å². The number of rotatable bonds is 2. The molecule has 2 aliphatic rings. The van der Waals surface area contributed by atoms with Gasteiger partial charge in [-0.15, -0.1) is 0 Å². The smallest absolute Gasteiger partial charge is 0.0238 e. The van der Waals surface area contributed by atoms with Crippen molar-refractivity contribution in [1.82, 2.24) is 0 Å². The van der Waals surface area contributed by atoms with Crippen LogP contribution in [0.2, 0.25) is 0 Å². The number of hydrogen-bond donors (Lipinski definition) is 0. The summed E-state index contributed by atoms with van der Waals surface area (Å²) in [5.41, 5.74) is 0.676. The standard InChI is InChI=1S/C15H28/c1-7-12-8-13-14(9(2)3)11(5)15(13,6)10(12)4/h9-14H,7-8H2,1-6H3. The van der Waals surface area contributed by atoms with Gasteiger partial charge in [0.05, 0.1) is 0 Å². The fourth-order valence-corrected chi connectivity index (χ4v) is 5.16. The van der Waals surface area contributed by atoms with E-state index in [1.54, 1.807) is 0 Å². The van der Waals surface area contributed by atoms with Gasteiger partial charge in [-0.25, -0.2) is 0 Å². The molecule has 0 aromatic carbocycles. The van der Waals surface area contributed by atoms with Crippen LogP contribution in [-0.4, -0.2) is 0 Å². The molecule has 2 aliphatic carbocycles. The van der Waals surface area contributed by atoms with E-state index in [4.69, 9.17) is 0 Å². The molecule has 0 heterocycles. The molecule has 2 saturated carbocycles. The highest BCUT2D eigenvalue weighted by molar-refractivity contribution is 5.12. The van der Waals surface area contributed by atoms with Gasteiger partial charge in [-0.3, -0.25) is 0 Å². The molecule has 6 atom stereocenters. The highest BCUT2D eigenvalue weighted by Crippen LogP contribution is 2.70. The average Bonchev–Trinajstić information content (AvgIpc) is 2.39. The Labute approximate surface area is 95.8 Å². The summed E-state index contributed by atoms with van der Waals surface area (Å²) in [4.78, 5) is 0. The summed E-state index contributed by atoms with van der Waals surface area (Å²) >= 11 is 0. The minimum absolute atomic E-state index is 0.676. The molecule has 2 fully saturated rings. The third-order valence-corrected chi connectivity index (χ3v) is 6.36. The lowest BCUT2D eigenvalue weighted by Gasteiger charge is -2.60. The summed E-state index contributed by atoms with van der Waals surface area (Å²) in [5.74, 6) is 5.85. The van der Waals surface area contributed by atoms with E-state index in [0.717, 1.165) is 35.5 Å². The SMILES string of the molecule is CCC1CC2C(C(C)C)C(C)C2(C)C1C. The Kier molecular flexibility index (Phi) is 2.68. The van der Waals surface area contributed by atoms with E-state index in [0.29, 0.717) is 5.41 Å². The molecular formula is C15H28. The first kappa shape index (κ1) is 11.5. The second kappa shape index (κ2) is 3.50. The molecule has 0 radical (unpaired) electrons. The Balaban J connectivity index is 2.20. The lowest BCUT2D eigenvalue weighted by molar-refractivity contribution is -0.122. The van der Waals surface area contributed by atoms with Crippen molar-refractivity contribution in [3.05, 3.63) is 0 Å². The Bertz CT molecular complexity index is 242. The Morgan fingerprint density at radius 1 is 1.20 bits per heavy atom. The van der Waals surface area contributed by atoms with Gasteiger partial charge in [-0.1, -0.05) is 48.0 Å². The maximum atomic E-state index is 2.57. The van der Waals surface area contributed by atoms with Crippen LogP contribution in [0.15, 0.2) is 0 Å². The van der Waals surface area contributed by atoms with E-state index in [2.05, 4.69) is 41.5 Å². The summed E-state index contributed by atoms with van der Waals surface area (Å²) in [6.07, 6.45) is 2.91. The fourth-order valence-electron chi connectivity index (χ4n) is 5.16. The molecule has 0 bridgehead atoms. The van der Waals surface area contributed by atoms with E-state index in [9.17, 15) is 0 Å². The normalized spacial score (nSPS) is 54.2. The minimum Gasteiger partial charge on any atom is -0.0651 e. The van der Waals surface area contributed by atoms with Crippen molar-refractivity contribution in [2.24, 2.45) is 40.9 Å². The van der Waals surface area contributed by atoms with E-state index < -0.39 is 0 Å². The summed E-state index contributed by atoms with van der Waals surface area (Å²) in [5, 5.41) is 0. The molecule has 0 spiro atoms. The van der Waals surface area contributed by atoms with Crippen molar-refractivity contribution in [2.75, 3.05) is 0 Å². The van der Waals surface area contributed by atoms with Crippen LogP contribution in [0.25, 0.3) is 0 Å². The molecule has 0 N–H and O–H groups in total. The van der Waals surface area contributed by atoms with Crippen molar-refractivity contribution in [3.8, 4) is 0 Å². The Morgan fingerprint density at radius 3 is 2.27 bits per heavy atom. The minimum atomic E-state index is 0.676. The lowest BCUT2D eigenvalue weighted by atomic mass is 9.45. The molecule has 88 valence electrons. The quantitative estimate of drug-likeness (QED) is 0.622. The van der Waals surface area contributed by atoms with E-state index in [-0.39, 0.29) is 0 Å². The fraction of sp³-hybridized carbons (Fsp3) is 1.00. The van der Waals surface area contributed by atoms with E-state index in [1.165, 1.54) is 12.8 Å². The van der Waals surface area contributed by atoms with Crippen LogP contribution in [-0.2, 0) is 0 Å². The number of hydrogen-bond acceptors (Lipinski definition) is 0. The van der Waals surface area contributed by atoms with Crippen molar-refractivity contribution in [2.45, 2.75) is 54.4 Å². The number of fused-ring (bicyclic) bond motifs is 1. The highest BCUT2D eigenvalue weighted by Gasteiger charge is 2.64. The molecule has 0 amide bonds. The van der Waals surface area contributed by atoms with Crippen molar-refractivity contribution >= 4 is 0 Å². The Hall–Kier alpha value is 0. The molecule has 0 aromatic heterocycles. The molecule has 15 heavy (non-hydrogen) atoms. The van der Waals surface area contributed by atoms with Crippen molar-refractivity contribution in [3.63, 3.8) is 0 Å². The van der Waals surface area contributed by atoms with Gasteiger partial charge in [0.1, 0.15) is 0 Å². The molecule has 0 nitrogen and oxygen atoms in total. The predicted molar refractivity (Wildman–Crippen MR) is 66.7 cm³/mol. The van der Waals surface area contributed by atoms with Crippen LogP contribution in [0.3, 0.4) is 0 Å². The van der Waals surface area contributed by atoms with Crippen LogP contribution >= 0.6 is 0 Å². The zero-order valence-corrected chi connectivity index (χ0v) is 11.4. The average molecular weight is 208 g/mol. The summed E-state index contributed by atoms with van der Waals surface area (Å²) in [6, 6.07) is 0. The van der Waals surface area contributed by atoms with Crippen LogP contribution in [0, 0.1) is 40.9 Å². The molecule has 0 aliphatic heterocycles. The lowest BCUT2D eigenvalue weighted by Crippen LogP contribution is -2.55. The van der Waals surface area contributed by atoms with Gasteiger partial charge in [-0.2, -0.15) is 0 Å². The van der Waals surface area contributed by atoms with Crippen LogP contribution in [0.4, 0.5) is 0 Å². The molecular weight excluding hydrogens is 180 g/mol. The maximum absolute atomic E-state index is 2.57. The summed E-state index contributed by atoms with van der Waals surface area (Å²) in [7, 11) is 0. The third kappa shape index (κ3) is 1.26. The first-order chi connectivity index (χ1) is 6.94. The van der Waals surface area contributed by atoms with E-state index >= 15 is 0 Å². The van der Waals surface area contributed by atoms with Gasteiger partial charge in [0.25, 0.3) is 0 Å². The van der Waals surface area contributed by atoms with Crippen LogP contribution in [0.5, 0.6) is 0 Å². The van der Waals surface area contributed by atoms with Gasteiger partial charge in [-0.05, 0) is 47.3 Å². The first-order valence-electron chi connectivity index (χ1n) is 6.94. The predicted octanol–water partition coefficient (Wildman–Crippen LogP) is 4.60. The van der Waals surface area contributed by atoms with Gasteiger partial charge in [0.15, 0.2) is 0 Å². The van der Waals surface area contributed by atoms with Crippen LogP contribution in [0.1, 0.15) is 54.4 Å². The topological polar surface area (TPSA) is 0 Å². The van der Waals surface area contributed by atoms with Gasteiger partial charge >= 0.3 is 0 Å².